The van der Waals surface area contributed by atoms with Gasteiger partial charge in [0.2, 0.25) is 0 Å². The molecule has 0 aromatic heterocycles. The first kappa shape index (κ1) is 15.3. The summed E-state index contributed by atoms with van der Waals surface area (Å²) in [6.45, 7) is 0.682. The molecule has 2 rings (SSSR count). The summed E-state index contributed by atoms with van der Waals surface area (Å²) in [5.41, 5.74) is 0.892. The zero-order valence-corrected chi connectivity index (χ0v) is 14.1. The van der Waals surface area contributed by atoms with E-state index in [2.05, 4.69) is 43.8 Å². The van der Waals surface area contributed by atoms with Gasteiger partial charge in [-0.25, -0.2) is 0 Å². The molecule has 1 aromatic rings. The van der Waals surface area contributed by atoms with Crippen LogP contribution >= 0.6 is 31.9 Å². The molecule has 2 atom stereocenters. The number of phenolic OH excluding ortho intramolecular Hbond substituents is 1. The molecule has 0 unspecified atom stereocenters. The van der Waals surface area contributed by atoms with Gasteiger partial charge in [-0.1, -0.05) is 15.9 Å². The SMILES string of the molecule is CN(Cc1cc(Br)cc(Br)c1O)[C@@H]1CCC[C@H](O)C1. The highest BCUT2D eigenvalue weighted by Crippen LogP contribution is 2.33. The lowest BCUT2D eigenvalue weighted by Crippen LogP contribution is -2.37. The van der Waals surface area contributed by atoms with Gasteiger partial charge in [-0.15, -0.1) is 0 Å². The number of aromatic hydroxyl groups is 1. The highest BCUT2D eigenvalue weighted by molar-refractivity contribution is 9.11. The molecular formula is C14H19Br2NO2. The maximum atomic E-state index is 10.1. The predicted molar refractivity (Wildman–Crippen MR) is 83.2 cm³/mol. The molecule has 0 heterocycles. The Balaban J connectivity index is 2.08. The molecule has 1 aromatic carbocycles. The molecule has 0 saturated heterocycles. The Bertz CT molecular complexity index is 453. The summed E-state index contributed by atoms with van der Waals surface area (Å²) in [6.07, 6.45) is 3.75. The average Bonchev–Trinajstić information content (AvgIpc) is 2.35. The van der Waals surface area contributed by atoms with Gasteiger partial charge < -0.3 is 10.2 Å². The second-order valence-corrected chi connectivity index (χ2v) is 7.05. The van der Waals surface area contributed by atoms with Crippen molar-refractivity contribution in [3.63, 3.8) is 0 Å². The van der Waals surface area contributed by atoms with E-state index in [1.165, 1.54) is 0 Å². The summed E-state index contributed by atoms with van der Waals surface area (Å²) < 4.78 is 1.65. The second-order valence-electron chi connectivity index (χ2n) is 5.28. The van der Waals surface area contributed by atoms with Gasteiger partial charge in [-0.2, -0.15) is 0 Å². The maximum absolute atomic E-state index is 10.1. The van der Waals surface area contributed by atoms with E-state index in [0.717, 1.165) is 35.7 Å². The minimum absolute atomic E-state index is 0.177. The van der Waals surface area contributed by atoms with E-state index >= 15 is 0 Å². The standard InChI is InChI=1S/C14H19Br2NO2/c1-17(11-3-2-4-12(18)7-11)8-9-5-10(15)6-13(16)14(9)19/h5-6,11-12,18-19H,2-4,7-8H2,1H3/t11-,12+/m1/s1. The predicted octanol–water partition coefficient (Wildman–Crippen LogP) is 3.65. The summed E-state index contributed by atoms with van der Waals surface area (Å²) >= 11 is 6.80. The van der Waals surface area contributed by atoms with E-state index in [4.69, 9.17) is 0 Å². The van der Waals surface area contributed by atoms with Crippen molar-refractivity contribution in [2.45, 2.75) is 44.4 Å². The molecule has 19 heavy (non-hydrogen) atoms. The average molecular weight is 393 g/mol. The summed E-state index contributed by atoms with van der Waals surface area (Å²) in [4.78, 5) is 2.22. The molecule has 1 aliphatic rings. The van der Waals surface area contributed by atoms with Crippen LogP contribution in [0.2, 0.25) is 0 Å². The summed E-state index contributed by atoms with van der Waals surface area (Å²) in [7, 11) is 2.05. The zero-order valence-electron chi connectivity index (χ0n) is 10.9. The van der Waals surface area contributed by atoms with Crippen LogP contribution in [-0.4, -0.2) is 34.3 Å². The molecule has 2 N–H and O–H groups in total. The van der Waals surface area contributed by atoms with Crippen LogP contribution in [0.4, 0.5) is 0 Å². The highest BCUT2D eigenvalue weighted by atomic mass is 79.9. The Morgan fingerprint density at radius 3 is 2.74 bits per heavy atom. The van der Waals surface area contributed by atoms with Gasteiger partial charge >= 0.3 is 0 Å². The third kappa shape index (κ3) is 3.94. The Morgan fingerprint density at radius 1 is 1.32 bits per heavy atom. The van der Waals surface area contributed by atoms with E-state index in [1.54, 1.807) is 0 Å². The van der Waals surface area contributed by atoms with E-state index < -0.39 is 0 Å². The molecule has 106 valence electrons. The van der Waals surface area contributed by atoms with Crippen molar-refractivity contribution >= 4 is 31.9 Å². The third-order valence-electron chi connectivity index (χ3n) is 3.77. The van der Waals surface area contributed by atoms with Crippen LogP contribution in [0, 0.1) is 0 Å². The number of hydrogen-bond acceptors (Lipinski definition) is 3. The van der Waals surface area contributed by atoms with Crippen molar-refractivity contribution in [2.75, 3.05) is 7.05 Å². The third-order valence-corrected chi connectivity index (χ3v) is 4.83. The van der Waals surface area contributed by atoms with Crippen molar-refractivity contribution in [3.05, 3.63) is 26.6 Å². The van der Waals surface area contributed by atoms with Crippen LogP contribution in [0.25, 0.3) is 0 Å². The number of halogens is 2. The number of benzene rings is 1. The first-order valence-corrected chi connectivity index (χ1v) is 8.11. The van der Waals surface area contributed by atoms with Crippen LogP contribution in [0.3, 0.4) is 0 Å². The van der Waals surface area contributed by atoms with Crippen LogP contribution < -0.4 is 0 Å². The van der Waals surface area contributed by atoms with Crippen molar-refractivity contribution in [1.29, 1.82) is 0 Å². The van der Waals surface area contributed by atoms with Crippen LogP contribution in [0.5, 0.6) is 5.75 Å². The Labute approximate surface area is 130 Å². The molecule has 1 saturated carbocycles. The Hall–Kier alpha value is -0.100. The minimum atomic E-state index is -0.177. The van der Waals surface area contributed by atoms with E-state index in [9.17, 15) is 10.2 Å². The zero-order chi connectivity index (χ0) is 14.0. The van der Waals surface area contributed by atoms with Crippen LogP contribution in [0.15, 0.2) is 21.1 Å². The van der Waals surface area contributed by atoms with Crippen LogP contribution in [-0.2, 0) is 6.54 Å². The number of aliphatic hydroxyl groups excluding tert-OH is 1. The van der Waals surface area contributed by atoms with Gasteiger partial charge in [0.25, 0.3) is 0 Å². The van der Waals surface area contributed by atoms with Crippen molar-refractivity contribution in [3.8, 4) is 5.75 Å². The summed E-state index contributed by atoms with van der Waals surface area (Å²) in [5.74, 6) is 0.298. The number of hydrogen-bond donors (Lipinski definition) is 2. The van der Waals surface area contributed by atoms with Crippen molar-refractivity contribution < 1.29 is 10.2 Å². The number of nitrogens with zero attached hydrogens (tertiary/aromatic N) is 1. The molecule has 1 aliphatic carbocycles. The first-order chi connectivity index (χ1) is 8.97. The van der Waals surface area contributed by atoms with Crippen molar-refractivity contribution in [1.82, 2.24) is 4.90 Å². The normalized spacial score (nSPS) is 23.8. The molecule has 0 amide bonds. The monoisotopic (exact) mass is 391 g/mol. The van der Waals surface area contributed by atoms with E-state index in [1.807, 2.05) is 12.1 Å². The van der Waals surface area contributed by atoms with Gasteiger partial charge in [0.05, 0.1) is 10.6 Å². The fraction of sp³-hybridized carbons (Fsp3) is 0.571. The molecular weight excluding hydrogens is 374 g/mol. The molecule has 0 aliphatic heterocycles. The first-order valence-electron chi connectivity index (χ1n) is 6.52. The Kier molecular flexibility index (Phi) is 5.29. The molecule has 0 spiro atoms. The number of rotatable bonds is 3. The molecule has 3 nitrogen and oxygen atoms in total. The lowest BCUT2D eigenvalue weighted by molar-refractivity contribution is 0.0698. The number of phenols is 1. The van der Waals surface area contributed by atoms with Crippen LogP contribution in [0.1, 0.15) is 31.2 Å². The van der Waals surface area contributed by atoms with E-state index in [-0.39, 0.29) is 6.10 Å². The van der Waals surface area contributed by atoms with Crippen molar-refractivity contribution in [2.24, 2.45) is 0 Å². The molecule has 0 radical (unpaired) electrons. The lowest BCUT2D eigenvalue weighted by atomic mass is 9.92. The quantitative estimate of drug-likeness (QED) is 0.824. The largest absolute Gasteiger partial charge is 0.506 e. The highest BCUT2D eigenvalue weighted by Gasteiger charge is 2.24. The molecule has 5 heteroatoms. The smallest absolute Gasteiger partial charge is 0.134 e. The molecule has 1 fully saturated rings. The topological polar surface area (TPSA) is 43.7 Å². The van der Waals surface area contributed by atoms with Gasteiger partial charge in [-0.05, 0) is 60.8 Å². The van der Waals surface area contributed by atoms with Gasteiger partial charge in [0.1, 0.15) is 5.75 Å². The summed E-state index contributed by atoms with van der Waals surface area (Å²) in [5, 5.41) is 19.8. The fourth-order valence-corrected chi connectivity index (χ4v) is 3.99. The van der Waals surface area contributed by atoms with Gasteiger partial charge in [0, 0.05) is 22.6 Å². The van der Waals surface area contributed by atoms with Gasteiger partial charge in [-0.3, -0.25) is 4.90 Å². The summed E-state index contributed by atoms with van der Waals surface area (Å²) in [6, 6.07) is 4.17. The second kappa shape index (κ2) is 6.57. The minimum Gasteiger partial charge on any atom is -0.506 e. The van der Waals surface area contributed by atoms with E-state index in [0.29, 0.717) is 22.8 Å². The maximum Gasteiger partial charge on any atom is 0.134 e. The fourth-order valence-electron chi connectivity index (χ4n) is 2.68. The molecule has 0 bridgehead atoms. The van der Waals surface area contributed by atoms with Gasteiger partial charge in [0.15, 0.2) is 0 Å². The Morgan fingerprint density at radius 2 is 2.05 bits per heavy atom. The number of aliphatic hydroxyl groups is 1. The lowest BCUT2D eigenvalue weighted by Gasteiger charge is -2.33.